The Morgan fingerprint density at radius 1 is 0.889 bits per heavy atom. The highest BCUT2D eigenvalue weighted by molar-refractivity contribution is 5.92. The van der Waals surface area contributed by atoms with Crippen molar-refractivity contribution in [2.75, 3.05) is 27.4 Å². The zero-order valence-electron chi connectivity index (χ0n) is 14.8. The third-order valence-corrected chi connectivity index (χ3v) is 2.95. The lowest BCUT2D eigenvalue weighted by Crippen LogP contribution is -2.25. The van der Waals surface area contributed by atoms with Crippen LogP contribution in [-0.4, -0.2) is 66.3 Å². The standard InChI is InChI=1S/C16H19N3O8/c1-24-13(20)3-5-15(22)26-10-12(9-19-8-7-17-18-19)11-27-16(23)6-4-14(21)25-2/h3-8,12H,9-11H2,1-2H3/b5-3+,6-4+. The number of rotatable bonds is 10. The quantitative estimate of drug-likeness (QED) is 0.295. The van der Waals surface area contributed by atoms with Crippen molar-refractivity contribution in [3.05, 3.63) is 36.7 Å². The van der Waals surface area contributed by atoms with E-state index in [-0.39, 0.29) is 19.8 Å². The molecule has 0 unspecified atom stereocenters. The van der Waals surface area contributed by atoms with Crippen molar-refractivity contribution >= 4 is 23.9 Å². The van der Waals surface area contributed by atoms with Crippen LogP contribution in [0.3, 0.4) is 0 Å². The summed E-state index contributed by atoms with van der Waals surface area (Å²) in [5.41, 5.74) is 0. The van der Waals surface area contributed by atoms with Crippen LogP contribution in [0.2, 0.25) is 0 Å². The fraction of sp³-hybridized carbons (Fsp3) is 0.375. The van der Waals surface area contributed by atoms with Crippen molar-refractivity contribution in [3.8, 4) is 0 Å². The molecule has 0 saturated carbocycles. The molecule has 0 bridgehead atoms. The third kappa shape index (κ3) is 9.53. The van der Waals surface area contributed by atoms with Gasteiger partial charge in [-0.2, -0.15) is 0 Å². The lowest BCUT2D eigenvalue weighted by molar-refractivity contribution is -0.144. The van der Waals surface area contributed by atoms with Gasteiger partial charge in [-0.3, -0.25) is 4.68 Å². The minimum Gasteiger partial charge on any atom is -0.466 e. The van der Waals surface area contributed by atoms with Gasteiger partial charge in [0, 0.05) is 36.4 Å². The summed E-state index contributed by atoms with van der Waals surface area (Å²) in [5, 5.41) is 7.44. The first-order valence-corrected chi connectivity index (χ1v) is 7.64. The second kappa shape index (κ2) is 12.0. The molecule has 0 aliphatic rings. The normalized spacial score (nSPS) is 10.9. The van der Waals surface area contributed by atoms with E-state index in [9.17, 15) is 19.2 Å². The summed E-state index contributed by atoms with van der Waals surface area (Å²) in [6.45, 7) is 0.0262. The highest BCUT2D eigenvalue weighted by Crippen LogP contribution is 2.04. The topological polar surface area (TPSA) is 136 Å². The van der Waals surface area contributed by atoms with Crippen LogP contribution in [0.25, 0.3) is 0 Å². The molecule has 0 spiro atoms. The summed E-state index contributed by atoms with van der Waals surface area (Å²) in [4.78, 5) is 45.1. The number of methoxy groups -OCH3 is 2. The molecule has 11 nitrogen and oxygen atoms in total. The Bertz CT molecular complexity index is 655. The predicted octanol–water partition coefficient (Wildman–Crippen LogP) is -0.561. The molecule has 0 radical (unpaired) electrons. The summed E-state index contributed by atoms with van der Waals surface area (Å²) < 4.78 is 20.2. The maximum Gasteiger partial charge on any atom is 0.331 e. The Kier molecular flexibility index (Phi) is 9.54. The van der Waals surface area contributed by atoms with Crippen LogP contribution in [0, 0.1) is 5.92 Å². The molecule has 27 heavy (non-hydrogen) atoms. The fourth-order valence-electron chi connectivity index (χ4n) is 1.65. The van der Waals surface area contributed by atoms with Gasteiger partial charge in [0.2, 0.25) is 0 Å². The summed E-state index contributed by atoms with van der Waals surface area (Å²) in [5.74, 6) is -3.37. The summed E-state index contributed by atoms with van der Waals surface area (Å²) >= 11 is 0. The van der Waals surface area contributed by atoms with E-state index in [0.717, 1.165) is 24.3 Å². The number of esters is 4. The largest absolute Gasteiger partial charge is 0.466 e. The number of carbonyl (C=O) groups is 4. The number of carbonyl (C=O) groups excluding carboxylic acids is 4. The van der Waals surface area contributed by atoms with Gasteiger partial charge >= 0.3 is 23.9 Å². The van der Waals surface area contributed by atoms with Crippen LogP contribution < -0.4 is 0 Å². The van der Waals surface area contributed by atoms with Gasteiger partial charge in [-0.05, 0) is 0 Å². The molecule has 1 aromatic heterocycles. The van der Waals surface area contributed by atoms with Crippen molar-refractivity contribution in [3.63, 3.8) is 0 Å². The van der Waals surface area contributed by atoms with E-state index >= 15 is 0 Å². The zero-order chi connectivity index (χ0) is 20.1. The lowest BCUT2D eigenvalue weighted by Gasteiger charge is -2.16. The molecule has 1 rings (SSSR count). The smallest absolute Gasteiger partial charge is 0.331 e. The van der Waals surface area contributed by atoms with Crippen LogP contribution in [0.4, 0.5) is 0 Å². The van der Waals surface area contributed by atoms with Gasteiger partial charge in [-0.15, -0.1) is 5.10 Å². The minimum absolute atomic E-state index is 0.113. The molecular formula is C16H19N3O8. The highest BCUT2D eigenvalue weighted by atomic mass is 16.5. The third-order valence-electron chi connectivity index (χ3n) is 2.95. The van der Waals surface area contributed by atoms with E-state index in [0.29, 0.717) is 0 Å². The van der Waals surface area contributed by atoms with Crippen molar-refractivity contribution in [1.82, 2.24) is 15.0 Å². The van der Waals surface area contributed by atoms with Crippen LogP contribution in [0.5, 0.6) is 0 Å². The van der Waals surface area contributed by atoms with Crippen LogP contribution in [0.15, 0.2) is 36.7 Å². The van der Waals surface area contributed by atoms with Crippen LogP contribution in [-0.2, 0) is 44.7 Å². The van der Waals surface area contributed by atoms with Gasteiger partial charge in [-0.1, -0.05) is 5.21 Å². The Morgan fingerprint density at radius 3 is 1.78 bits per heavy atom. The molecule has 0 N–H and O–H groups in total. The molecule has 0 aliphatic carbocycles. The van der Waals surface area contributed by atoms with E-state index in [1.807, 2.05) is 0 Å². The molecule has 0 aromatic carbocycles. The number of hydrogen-bond donors (Lipinski definition) is 0. The molecule has 0 saturated heterocycles. The second-order valence-electron chi connectivity index (χ2n) is 4.96. The van der Waals surface area contributed by atoms with Crippen molar-refractivity contribution < 1.29 is 38.1 Å². The molecule has 1 aromatic rings. The van der Waals surface area contributed by atoms with Crippen LogP contribution in [0.1, 0.15) is 0 Å². The van der Waals surface area contributed by atoms with Crippen molar-refractivity contribution in [2.24, 2.45) is 5.92 Å². The molecule has 146 valence electrons. The van der Waals surface area contributed by atoms with Gasteiger partial charge < -0.3 is 18.9 Å². The first kappa shape index (κ1) is 21.5. The Hall–Kier alpha value is -3.50. The molecule has 0 amide bonds. The van der Waals surface area contributed by atoms with E-state index < -0.39 is 29.8 Å². The predicted molar refractivity (Wildman–Crippen MR) is 87.7 cm³/mol. The maximum absolute atomic E-state index is 11.6. The zero-order valence-corrected chi connectivity index (χ0v) is 14.8. The molecular weight excluding hydrogens is 362 g/mol. The molecule has 0 fully saturated rings. The van der Waals surface area contributed by atoms with Crippen LogP contribution >= 0.6 is 0 Å². The lowest BCUT2D eigenvalue weighted by atomic mass is 10.2. The van der Waals surface area contributed by atoms with Gasteiger partial charge in [0.25, 0.3) is 0 Å². The summed E-state index contributed by atoms with van der Waals surface area (Å²) in [7, 11) is 2.35. The van der Waals surface area contributed by atoms with Gasteiger partial charge in [0.1, 0.15) is 0 Å². The number of aromatic nitrogens is 3. The first-order valence-electron chi connectivity index (χ1n) is 7.64. The highest BCUT2D eigenvalue weighted by Gasteiger charge is 2.15. The van der Waals surface area contributed by atoms with E-state index in [2.05, 4.69) is 19.8 Å². The fourth-order valence-corrected chi connectivity index (χ4v) is 1.65. The Morgan fingerprint density at radius 2 is 1.37 bits per heavy atom. The molecule has 0 atom stereocenters. The van der Waals surface area contributed by atoms with E-state index in [1.165, 1.54) is 25.1 Å². The second-order valence-corrected chi connectivity index (χ2v) is 4.96. The molecule has 11 heteroatoms. The van der Waals surface area contributed by atoms with E-state index in [1.54, 1.807) is 6.20 Å². The summed E-state index contributed by atoms with van der Waals surface area (Å²) in [6, 6.07) is 0. The van der Waals surface area contributed by atoms with E-state index in [4.69, 9.17) is 9.47 Å². The SMILES string of the molecule is COC(=O)/C=C/C(=O)OCC(COC(=O)/C=C/C(=O)OC)Cn1ccnn1. The Labute approximate surface area is 154 Å². The first-order chi connectivity index (χ1) is 12.9. The monoisotopic (exact) mass is 381 g/mol. The average Bonchev–Trinajstić information content (AvgIpc) is 3.18. The molecule has 1 heterocycles. The maximum atomic E-state index is 11.6. The molecule has 0 aliphatic heterocycles. The summed E-state index contributed by atoms with van der Waals surface area (Å²) in [6.07, 6.45) is 6.74. The average molecular weight is 381 g/mol. The Balaban J connectivity index is 2.57. The van der Waals surface area contributed by atoms with Gasteiger partial charge in [0.05, 0.1) is 40.2 Å². The van der Waals surface area contributed by atoms with Gasteiger partial charge in [0.15, 0.2) is 0 Å². The van der Waals surface area contributed by atoms with Gasteiger partial charge in [-0.25, -0.2) is 19.2 Å². The number of nitrogens with zero attached hydrogens (tertiary/aromatic N) is 3. The minimum atomic E-state index is -0.763. The van der Waals surface area contributed by atoms with Crippen molar-refractivity contribution in [1.29, 1.82) is 0 Å². The number of hydrogen-bond acceptors (Lipinski definition) is 10. The number of ether oxygens (including phenoxy) is 4. The van der Waals surface area contributed by atoms with Crippen molar-refractivity contribution in [2.45, 2.75) is 6.54 Å².